The van der Waals surface area contributed by atoms with Crippen molar-refractivity contribution in [2.24, 2.45) is 0 Å². The van der Waals surface area contributed by atoms with Gasteiger partial charge in [0.25, 0.3) is 11.3 Å². The van der Waals surface area contributed by atoms with E-state index in [0.717, 1.165) is 0 Å². The first-order chi connectivity index (χ1) is 12.7. The maximum absolute atomic E-state index is 13.0. The molecule has 3 aromatic heterocycles. The zero-order valence-corrected chi connectivity index (χ0v) is 14.5. The maximum atomic E-state index is 13.0. The van der Waals surface area contributed by atoms with Gasteiger partial charge >= 0.3 is 0 Å². The van der Waals surface area contributed by atoms with Crippen molar-refractivity contribution >= 4 is 16.8 Å². The Morgan fingerprint density at radius 1 is 1.12 bits per heavy atom. The second-order valence-corrected chi connectivity index (χ2v) is 5.56. The predicted octanol–water partition coefficient (Wildman–Crippen LogP) is 1.40. The largest absolute Gasteiger partial charge is 0.497 e. The van der Waals surface area contributed by atoms with Crippen molar-refractivity contribution < 1.29 is 9.47 Å². The van der Waals surface area contributed by atoms with E-state index in [1.54, 1.807) is 37.6 Å². The van der Waals surface area contributed by atoms with Gasteiger partial charge in [-0.2, -0.15) is 9.50 Å². The summed E-state index contributed by atoms with van der Waals surface area (Å²) in [6.45, 7) is 1.95. The SMILES string of the molecule is CCc1nc2nnc3c(=O)n(-c4ccc(OC)cc4OC)ccc3n2n1. The molecule has 0 saturated heterocycles. The molecule has 3 heterocycles. The molecule has 1 aromatic carbocycles. The molecule has 0 spiro atoms. The van der Waals surface area contributed by atoms with Crippen LogP contribution in [0.1, 0.15) is 12.7 Å². The first kappa shape index (κ1) is 16.0. The van der Waals surface area contributed by atoms with E-state index >= 15 is 0 Å². The fraction of sp³-hybridized carbons (Fsp3) is 0.235. The van der Waals surface area contributed by atoms with Crippen molar-refractivity contribution in [3.63, 3.8) is 0 Å². The molecule has 9 heteroatoms. The van der Waals surface area contributed by atoms with E-state index in [1.165, 1.54) is 16.2 Å². The van der Waals surface area contributed by atoms with Gasteiger partial charge in [-0.25, -0.2) is 0 Å². The number of fused-ring (bicyclic) bond motifs is 3. The Morgan fingerprint density at radius 3 is 2.69 bits per heavy atom. The van der Waals surface area contributed by atoms with E-state index in [1.807, 2.05) is 6.92 Å². The van der Waals surface area contributed by atoms with Crippen molar-refractivity contribution in [1.82, 2.24) is 29.4 Å². The summed E-state index contributed by atoms with van der Waals surface area (Å²) in [5, 5.41) is 12.5. The first-order valence-corrected chi connectivity index (χ1v) is 8.02. The molecule has 0 fully saturated rings. The summed E-state index contributed by atoms with van der Waals surface area (Å²) in [7, 11) is 3.11. The lowest BCUT2D eigenvalue weighted by molar-refractivity contribution is 0.393. The third-order valence-electron chi connectivity index (χ3n) is 4.11. The Bertz CT molecular complexity index is 1180. The molecule has 0 aliphatic heterocycles. The Morgan fingerprint density at radius 2 is 1.96 bits per heavy atom. The fourth-order valence-electron chi connectivity index (χ4n) is 2.77. The Kier molecular flexibility index (Phi) is 3.76. The number of methoxy groups -OCH3 is 2. The lowest BCUT2D eigenvalue weighted by atomic mass is 10.2. The van der Waals surface area contributed by atoms with Gasteiger partial charge in [0, 0.05) is 18.7 Å². The maximum Gasteiger partial charge on any atom is 0.285 e. The summed E-state index contributed by atoms with van der Waals surface area (Å²) in [5.41, 5.74) is 1.00. The van der Waals surface area contributed by atoms with E-state index < -0.39 is 0 Å². The number of ether oxygens (including phenoxy) is 2. The van der Waals surface area contributed by atoms with Crippen LogP contribution in [0.2, 0.25) is 0 Å². The lowest BCUT2D eigenvalue weighted by Gasteiger charge is -2.12. The number of hydrogen-bond donors (Lipinski definition) is 0. The van der Waals surface area contributed by atoms with Crippen LogP contribution in [-0.4, -0.2) is 43.6 Å². The summed E-state index contributed by atoms with van der Waals surface area (Å²) < 4.78 is 13.6. The summed E-state index contributed by atoms with van der Waals surface area (Å²) >= 11 is 0. The molecule has 0 aliphatic carbocycles. The van der Waals surface area contributed by atoms with Crippen LogP contribution in [0.25, 0.3) is 22.5 Å². The van der Waals surface area contributed by atoms with Crippen LogP contribution >= 0.6 is 0 Å². The molecule has 0 saturated carbocycles. The number of aromatic nitrogens is 6. The fourth-order valence-corrected chi connectivity index (χ4v) is 2.77. The van der Waals surface area contributed by atoms with E-state index in [0.29, 0.717) is 40.7 Å². The van der Waals surface area contributed by atoms with E-state index in [2.05, 4.69) is 20.3 Å². The summed E-state index contributed by atoms with van der Waals surface area (Å²) in [5.74, 6) is 2.16. The number of rotatable bonds is 4. The molecule has 9 nitrogen and oxygen atoms in total. The zero-order valence-electron chi connectivity index (χ0n) is 14.5. The van der Waals surface area contributed by atoms with E-state index in [9.17, 15) is 4.79 Å². The third-order valence-corrected chi connectivity index (χ3v) is 4.11. The van der Waals surface area contributed by atoms with Crippen molar-refractivity contribution in [1.29, 1.82) is 0 Å². The van der Waals surface area contributed by atoms with Gasteiger partial charge in [0.15, 0.2) is 11.3 Å². The molecule has 132 valence electrons. The highest BCUT2D eigenvalue weighted by Gasteiger charge is 2.15. The molecule has 0 aliphatic rings. The summed E-state index contributed by atoms with van der Waals surface area (Å²) in [6, 6.07) is 6.98. The third kappa shape index (κ3) is 2.36. The predicted molar refractivity (Wildman–Crippen MR) is 94.2 cm³/mol. The Labute approximate surface area is 147 Å². The van der Waals surface area contributed by atoms with Crippen LogP contribution < -0.4 is 15.0 Å². The van der Waals surface area contributed by atoms with Gasteiger partial charge in [-0.3, -0.25) is 9.36 Å². The molecular weight excluding hydrogens is 336 g/mol. The minimum absolute atomic E-state index is 0.199. The van der Waals surface area contributed by atoms with Gasteiger partial charge in [-0.1, -0.05) is 6.92 Å². The van der Waals surface area contributed by atoms with Crippen LogP contribution in [0, 0.1) is 0 Å². The normalized spacial score (nSPS) is 11.2. The van der Waals surface area contributed by atoms with Gasteiger partial charge in [0.05, 0.1) is 19.9 Å². The van der Waals surface area contributed by atoms with E-state index in [-0.39, 0.29) is 11.1 Å². The average Bonchev–Trinajstić information content (AvgIpc) is 3.11. The standard InChI is InChI=1S/C17H16N6O3/c1-4-14-18-17-20-19-15-12(23(17)21-14)7-8-22(16(15)24)11-6-5-10(25-2)9-13(11)26-3/h5-9H,4H2,1-3H3. The molecular formula is C17H16N6O3. The van der Waals surface area contributed by atoms with Crippen LogP contribution in [0.4, 0.5) is 0 Å². The highest BCUT2D eigenvalue weighted by molar-refractivity contribution is 5.75. The van der Waals surface area contributed by atoms with Gasteiger partial charge in [0.2, 0.25) is 0 Å². The Hall–Kier alpha value is -3.49. The van der Waals surface area contributed by atoms with Gasteiger partial charge < -0.3 is 9.47 Å². The minimum atomic E-state index is -0.325. The van der Waals surface area contributed by atoms with Crippen LogP contribution in [0.5, 0.6) is 11.5 Å². The van der Waals surface area contributed by atoms with Gasteiger partial charge in [-0.05, 0) is 18.2 Å². The topological polar surface area (TPSA) is 96.4 Å². The number of aryl methyl sites for hydroxylation is 1. The average molecular weight is 352 g/mol. The van der Waals surface area contributed by atoms with Crippen LogP contribution in [0.3, 0.4) is 0 Å². The van der Waals surface area contributed by atoms with Crippen molar-refractivity contribution in [2.45, 2.75) is 13.3 Å². The zero-order chi connectivity index (χ0) is 18.3. The molecule has 0 N–H and O–H groups in total. The summed E-state index contributed by atoms with van der Waals surface area (Å²) in [4.78, 5) is 17.3. The molecule has 0 unspecified atom stereocenters. The molecule has 0 radical (unpaired) electrons. The number of benzene rings is 1. The lowest BCUT2D eigenvalue weighted by Crippen LogP contribution is -2.20. The monoisotopic (exact) mass is 352 g/mol. The molecule has 0 bridgehead atoms. The first-order valence-electron chi connectivity index (χ1n) is 8.02. The van der Waals surface area contributed by atoms with Crippen LogP contribution in [0.15, 0.2) is 35.3 Å². The van der Waals surface area contributed by atoms with Crippen LogP contribution in [-0.2, 0) is 6.42 Å². The molecule has 0 amide bonds. The highest BCUT2D eigenvalue weighted by Crippen LogP contribution is 2.27. The minimum Gasteiger partial charge on any atom is -0.497 e. The van der Waals surface area contributed by atoms with Gasteiger partial charge in [-0.15, -0.1) is 15.3 Å². The smallest absolute Gasteiger partial charge is 0.285 e. The van der Waals surface area contributed by atoms with Crippen molar-refractivity contribution in [3.05, 3.63) is 46.6 Å². The van der Waals surface area contributed by atoms with E-state index in [4.69, 9.17) is 9.47 Å². The molecule has 4 aromatic rings. The number of pyridine rings is 1. The Balaban J connectivity index is 1.97. The molecule has 0 atom stereocenters. The number of nitrogens with zero attached hydrogens (tertiary/aromatic N) is 6. The molecule has 26 heavy (non-hydrogen) atoms. The van der Waals surface area contributed by atoms with Gasteiger partial charge in [0.1, 0.15) is 17.0 Å². The molecule has 4 rings (SSSR count). The van der Waals surface area contributed by atoms with Crippen molar-refractivity contribution in [3.8, 4) is 17.2 Å². The second kappa shape index (κ2) is 6.10. The number of hydrogen-bond acceptors (Lipinski definition) is 7. The quantitative estimate of drug-likeness (QED) is 0.548. The summed E-state index contributed by atoms with van der Waals surface area (Å²) in [6.07, 6.45) is 2.33. The second-order valence-electron chi connectivity index (χ2n) is 5.56. The highest BCUT2D eigenvalue weighted by atomic mass is 16.5. The van der Waals surface area contributed by atoms with Crippen molar-refractivity contribution in [2.75, 3.05) is 14.2 Å².